The molecule has 1 aliphatic heterocycles. The van der Waals surface area contributed by atoms with E-state index in [1.54, 1.807) is 15.6 Å². The van der Waals surface area contributed by atoms with Crippen LogP contribution in [0.15, 0.2) is 23.0 Å². The summed E-state index contributed by atoms with van der Waals surface area (Å²) >= 11 is 0. The van der Waals surface area contributed by atoms with Gasteiger partial charge in [0.15, 0.2) is 5.69 Å². The molecule has 0 bridgehead atoms. The summed E-state index contributed by atoms with van der Waals surface area (Å²) in [5.41, 5.74) is 0.312. The summed E-state index contributed by atoms with van der Waals surface area (Å²) in [6.07, 6.45) is 4.33. The van der Waals surface area contributed by atoms with Crippen LogP contribution in [0.3, 0.4) is 0 Å². The second-order valence-electron chi connectivity index (χ2n) is 7.36. The minimum absolute atomic E-state index is 0.0968. The number of rotatable bonds is 3. The van der Waals surface area contributed by atoms with Crippen molar-refractivity contribution in [3.8, 4) is 0 Å². The molecule has 3 rings (SSSR count). The quantitative estimate of drug-likeness (QED) is 0.915. The zero-order valence-electron chi connectivity index (χ0n) is 14.6. The van der Waals surface area contributed by atoms with E-state index in [4.69, 9.17) is 9.63 Å². The van der Waals surface area contributed by atoms with Crippen LogP contribution in [-0.4, -0.2) is 49.9 Å². The lowest BCUT2D eigenvalue weighted by atomic mass is 9.93. The highest BCUT2D eigenvalue weighted by Gasteiger charge is 2.28. The summed E-state index contributed by atoms with van der Waals surface area (Å²) < 4.78 is 6.97. The van der Waals surface area contributed by atoms with E-state index in [-0.39, 0.29) is 22.9 Å². The van der Waals surface area contributed by atoms with E-state index < -0.39 is 5.97 Å². The Balaban J connectivity index is 1.62. The number of hydrogen-bond donors (Lipinski definition) is 1. The van der Waals surface area contributed by atoms with Gasteiger partial charge in [0.05, 0.1) is 17.8 Å². The van der Waals surface area contributed by atoms with Gasteiger partial charge in [-0.25, -0.2) is 4.79 Å². The van der Waals surface area contributed by atoms with Crippen LogP contribution in [0.4, 0.5) is 0 Å². The number of likely N-dealkylation sites (tertiary alicyclic amines) is 1. The van der Waals surface area contributed by atoms with E-state index in [1.165, 1.54) is 12.4 Å². The summed E-state index contributed by atoms with van der Waals surface area (Å²) in [5.74, 6) is -0.438. The monoisotopic (exact) mass is 346 g/mol. The molecule has 2 aromatic rings. The second kappa shape index (κ2) is 6.34. The summed E-state index contributed by atoms with van der Waals surface area (Å²) in [6, 6.07) is 1.81. The number of nitrogens with zero attached hydrogens (tertiary/aromatic N) is 4. The topological polar surface area (TPSA) is 101 Å². The van der Waals surface area contributed by atoms with Crippen LogP contribution < -0.4 is 0 Å². The smallest absolute Gasteiger partial charge is 0.338 e. The van der Waals surface area contributed by atoms with Crippen molar-refractivity contribution >= 4 is 11.9 Å². The highest BCUT2D eigenvalue weighted by Crippen LogP contribution is 2.26. The van der Waals surface area contributed by atoms with Gasteiger partial charge in [0, 0.05) is 30.8 Å². The summed E-state index contributed by atoms with van der Waals surface area (Å²) in [4.78, 5) is 25.3. The lowest BCUT2D eigenvalue weighted by Crippen LogP contribution is -2.39. The molecule has 1 saturated heterocycles. The molecule has 2 aromatic heterocycles. The average Bonchev–Trinajstić information content (AvgIpc) is 3.23. The van der Waals surface area contributed by atoms with E-state index in [0.717, 1.165) is 12.8 Å². The first-order valence-corrected chi connectivity index (χ1v) is 8.29. The number of carbonyl (C=O) groups is 2. The Morgan fingerprint density at radius 3 is 2.48 bits per heavy atom. The molecule has 1 N–H and O–H groups in total. The Labute approximate surface area is 145 Å². The van der Waals surface area contributed by atoms with Crippen LogP contribution in [0.25, 0.3) is 0 Å². The number of hydrogen-bond acceptors (Lipinski definition) is 5. The number of amides is 1. The van der Waals surface area contributed by atoms with Crippen LogP contribution >= 0.6 is 0 Å². The molecule has 3 heterocycles. The number of carboxylic acids is 1. The number of carboxylic acid groups (broad SMARTS) is 1. The third kappa shape index (κ3) is 3.57. The van der Waals surface area contributed by atoms with E-state index in [9.17, 15) is 9.59 Å². The van der Waals surface area contributed by atoms with Crippen molar-refractivity contribution in [2.24, 2.45) is 0 Å². The fraction of sp³-hybridized carbons (Fsp3) is 0.529. The molecule has 0 atom stereocenters. The Morgan fingerprint density at radius 1 is 1.28 bits per heavy atom. The minimum atomic E-state index is -0.987. The zero-order valence-corrected chi connectivity index (χ0v) is 14.6. The second-order valence-corrected chi connectivity index (χ2v) is 7.36. The molecule has 0 spiro atoms. The predicted octanol–water partition coefficient (Wildman–Crippen LogP) is 2.34. The Morgan fingerprint density at radius 2 is 1.96 bits per heavy atom. The highest BCUT2D eigenvalue weighted by atomic mass is 16.5. The molecule has 0 unspecified atom stereocenters. The first-order valence-electron chi connectivity index (χ1n) is 8.29. The molecule has 1 aliphatic rings. The lowest BCUT2D eigenvalue weighted by molar-refractivity contribution is 0.0678. The van der Waals surface area contributed by atoms with Crippen molar-refractivity contribution in [1.82, 2.24) is 19.8 Å². The lowest BCUT2D eigenvalue weighted by Gasteiger charge is -2.31. The molecule has 1 amide bonds. The van der Waals surface area contributed by atoms with Crippen LogP contribution in [-0.2, 0) is 5.41 Å². The molecular formula is C17H22N4O4. The van der Waals surface area contributed by atoms with Gasteiger partial charge in [-0.1, -0.05) is 25.9 Å². The third-order valence-electron chi connectivity index (χ3n) is 4.44. The molecule has 25 heavy (non-hydrogen) atoms. The largest absolute Gasteiger partial charge is 0.478 e. The van der Waals surface area contributed by atoms with Gasteiger partial charge in [-0.2, -0.15) is 5.10 Å². The van der Waals surface area contributed by atoms with Crippen molar-refractivity contribution in [1.29, 1.82) is 0 Å². The summed E-state index contributed by atoms with van der Waals surface area (Å²) in [6.45, 7) is 7.15. The van der Waals surface area contributed by atoms with Gasteiger partial charge in [-0.3, -0.25) is 9.48 Å². The van der Waals surface area contributed by atoms with E-state index in [2.05, 4.69) is 10.3 Å². The molecule has 8 nitrogen and oxygen atoms in total. The van der Waals surface area contributed by atoms with E-state index in [1.807, 2.05) is 20.8 Å². The third-order valence-corrected chi connectivity index (χ3v) is 4.44. The van der Waals surface area contributed by atoms with Crippen LogP contribution in [0, 0.1) is 0 Å². The maximum absolute atomic E-state index is 12.6. The molecule has 0 aromatic carbocycles. The first kappa shape index (κ1) is 17.2. The van der Waals surface area contributed by atoms with Crippen molar-refractivity contribution in [2.75, 3.05) is 13.1 Å². The Bertz CT molecular complexity index is 779. The van der Waals surface area contributed by atoms with Gasteiger partial charge in [0.25, 0.3) is 5.91 Å². The van der Waals surface area contributed by atoms with Gasteiger partial charge in [0.2, 0.25) is 0 Å². The first-order chi connectivity index (χ1) is 11.8. The number of aromatic nitrogens is 3. The Kier molecular flexibility index (Phi) is 4.36. The van der Waals surface area contributed by atoms with Gasteiger partial charge in [0.1, 0.15) is 5.76 Å². The fourth-order valence-corrected chi connectivity index (χ4v) is 2.87. The van der Waals surface area contributed by atoms with E-state index >= 15 is 0 Å². The predicted molar refractivity (Wildman–Crippen MR) is 88.6 cm³/mol. The normalized spacial score (nSPS) is 16.2. The summed E-state index contributed by atoms with van der Waals surface area (Å²) in [5, 5.41) is 17.0. The van der Waals surface area contributed by atoms with Crippen molar-refractivity contribution in [3.63, 3.8) is 0 Å². The number of piperidine rings is 1. The molecule has 1 fully saturated rings. The van der Waals surface area contributed by atoms with Crippen molar-refractivity contribution < 1.29 is 19.2 Å². The number of carbonyl (C=O) groups excluding carboxylic acids is 1. The van der Waals surface area contributed by atoms with Gasteiger partial charge in [-0.05, 0) is 12.8 Å². The van der Waals surface area contributed by atoms with Crippen LogP contribution in [0.1, 0.15) is 66.3 Å². The summed E-state index contributed by atoms with van der Waals surface area (Å²) in [7, 11) is 0. The molecule has 134 valence electrons. The van der Waals surface area contributed by atoms with Crippen LogP contribution in [0.5, 0.6) is 0 Å². The van der Waals surface area contributed by atoms with Gasteiger partial charge < -0.3 is 14.5 Å². The van der Waals surface area contributed by atoms with Crippen molar-refractivity contribution in [2.45, 2.75) is 45.1 Å². The fourth-order valence-electron chi connectivity index (χ4n) is 2.87. The molecule has 8 heteroatoms. The zero-order chi connectivity index (χ0) is 18.2. The molecule has 0 saturated carbocycles. The molecular weight excluding hydrogens is 324 g/mol. The Hall–Kier alpha value is -2.64. The average molecular weight is 346 g/mol. The highest BCUT2D eigenvalue weighted by molar-refractivity contribution is 5.92. The van der Waals surface area contributed by atoms with Crippen LogP contribution in [0.2, 0.25) is 0 Å². The molecule has 0 aliphatic carbocycles. The number of aromatic carboxylic acids is 1. The van der Waals surface area contributed by atoms with Gasteiger partial charge in [-0.15, -0.1) is 0 Å². The van der Waals surface area contributed by atoms with Crippen molar-refractivity contribution in [3.05, 3.63) is 35.5 Å². The SMILES string of the molecule is CC(C)(C)c1cc(C(=O)N2CCC(n3cc(C(=O)O)cn3)CC2)no1. The maximum Gasteiger partial charge on any atom is 0.338 e. The standard InChI is InChI=1S/C17H22N4O4/c1-17(2,3)14-8-13(19-25-14)15(22)20-6-4-12(5-7-20)21-10-11(9-18-21)16(23)24/h8-10,12H,4-7H2,1-3H3,(H,23,24). The van der Waals surface area contributed by atoms with Gasteiger partial charge >= 0.3 is 5.97 Å². The minimum Gasteiger partial charge on any atom is -0.478 e. The van der Waals surface area contributed by atoms with E-state index in [0.29, 0.717) is 24.5 Å². The maximum atomic E-state index is 12.6. The molecule has 0 radical (unpaired) electrons.